The molecule has 5 aliphatic heterocycles. The third-order valence-electron chi connectivity index (χ3n) is 16.8. The normalized spacial score (nSPS) is 30.6. The summed E-state index contributed by atoms with van der Waals surface area (Å²) in [6.07, 6.45) is 2.42. The number of ether oxygens (including phenoxy) is 7. The SMILES string of the molecule is COC(=O)CC[C@@H]1C2=C(C)C3=NC([C@H](CC(=O)OC)[C@@]3(C)CCC(=O)OC)[C@]3(C)N=C(C(C)=C4NC(=CC(=N2)C1(C)C)[C@@H](CCC(=O)OC)[C@]4(C)CC(=O)OC)[C@@H](CCC(=O)OC)[C@]3(C)CC(=O)OC. The summed E-state index contributed by atoms with van der Waals surface area (Å²) in [4.78, 5) is 111. The number of nitrogens with zero attached hydrogens (tertiary/aromatic N) is 3. The molecular weight excluding hydrogens is 905 g/mol. The molecule has 0 amide bonds. The van der Waals surface area contributed by atoms with Crippen LogP contribution < -0.4 is 5.32 Å². The highest BCUT2D eigenvalue weighted by atomic mass is 16.5. The zero-order valence-electron chi connectivity index (χ0n) is 43.8. The van der Waals surface area contributed by atoms with Crippen molar-refractivity contribution in [2.24, 2.45) is 60.3 Å². The Morgan fingerprint density at radius 2 is 1.07 bits per heavy atom. The third-order valence-corrected chi connectivity index (χ3v) is 16.8. The van der Waals surface area contributed by atoms with Crippen LogP contribution in [0.25, 0.3) is 0 Å². The molecule has 70 heavy (non-hydrogen) atoms. The standard InChI is InChI=1S/C52H74N4O14/c1-28-43-31(17-20-37(58)65-10)48(3,4)35(54-43)25-34-30(16-19-36(57)64-9)50(6,26-41(62)69-14)46(53-34)29(2)44-32(18-21-38(59)66-11)51(7,27-42(63)70-15)52(8,56-44)47-33(24-40(61)68-13)49(5,45(28)55-47)23-22-39(60)67-12/h25,30-33,47,53H,16-24,26-27H2,1-15H3/t30-,31-,32-,33+,47?,49-,50+,51+,52+/m1/s1. The molecule has 0 spiro atoms. The Morgan fingerprint density at radius 1 is 0.586 bits per heavy atom. The van der Waals surface area contributed by atoms with Gasteiger partial charge in [0.2, 0.25) is 0 Å². The molecule has 5 heterocycles. The Labute approximate surface area is 411 Å². The minimum absolute atomic E-state index is 0.0103. The van der Waals surface area contributed by atoms with Gasteiger partial charge in [0.05, 0.1) is 80.6 Å². The number of fused-ring (bicyclic) bond motifs is 6. The maximum atomic E-state index is 14.0. The summed E-state index contributed by atoms with van der Waals surface area (Å²) in [7, 11) is 9.21. The van der Waals surface area contributed by atoms with Crippen molar-refractivity contribution in [2.45, 2.75) is 138 Å². The lowest BCUT2D eigenvalue weighted by atomic mass is 9.55. The van der Waals surface area contributed by atoms with Gasteiger partial charge in [-0.2, -0.15) is 0 Å². The van der Waals surface area contributed by atoms with Crippen molar-refractivity contribution >= 4 is 58.9 Å². The van der Waals surface area contributed by atoms with Crippen LogP contribution in [0.4, 0.5) is 0 Å². The van der Waals surface area contributed by atoms with Crippen LogP contribution >= 0.6 is 0 Å². The largest absolute Gasteiger partial charge is 0.469 e. The molecule has 5 rings (SSSR count). The van der Waals surface area contributed by atoms with E-state index in [9.17, 15) is 33.6 Å². The van der Waals surface area contributed by atoms with Gasteiger partial charge in [0.15, 0.2) is 0 Å². The van der Waals surface area contributed by atoms with Gasteiger partial charge in [0, 0.05) is 105 Å². The summed E-state index contributed by atoms with van der Waals surface area (Å²) in [5, 5.41) is 3.73. The molecule has 0 aromatic heterocycles. The lowest BCUT2D eigenvalue weighted by Gasteiger charge is -2.48. The fourth-order valence-corrected chi connectivity index (χ4v) is 12.3. The number of hydrogen-bond donors (Lipinski definition) is 1. The maximum Gasteiger partial charge on any atom is 0.306 e. The van der Waals surface area contributed by atoms with E-state index in [4.69, 9.17) is 48.1 Å². The van der Waals surface area contributed by atoms with Gasteiger partial charge in [-0.3, -0.25) is 48.5 Å². The maximum absolute atomic E-state index is 14.0. The van der Waals surface area contributed by atoms with Crippen LogP contribution in [0.3, 0.4) is 0 Å². The highest BCUT2D eigenvalue weighted by Gasteiger charge is 2.66. The topological polar surface area (TPSA) is 233 Å². The molecule has 1 fully saturated rings. The number of nitrogens with one attached hydrogen (secondary N) is 1. The van der Waals surface area contributed by atoms with Gasteiger partial charge in [-0.25, -0.2) is 0 Å². The van der Waals surface area contributed by atoms with E-state index in [1.54, 1.807) is 0 Å². The summed E-state index contributed by atoms with van der Waals surface area (Å²) in [6, 6.07) is -0.888. The molecule has 0 radical (unpaired) electrons. The summed E-state index contributed by atoms with van der Waals surface area (Å²) in [5.74, 6) is -5.67. The first kappa shape index (κ1) is 55.2. The predicted molar refractivity (Wildman–Crippen MR) is 258 cm³/mol. The molecule has 18 heteroatoms. The van der Waals surface area contributed by atoms with E-state index in [0.29, 0.717) is 51.8 Å². The number of aliphatic imine (C=N–C) groups is 3. The zero-order valence-corrected chi connectivity index (χ0v) is 43.8. The lowest BCUT2D eigenvalue weighted by molar-refractivity contribution is -0.147. The Balaban J connectivity index is 2.05. The second kappa shape index (κ2) is 21.4. The van der Waals surface area contributed by atoms with Gasteiger partial charge in [0.25, 0.3) is 0 Å². The molecule has 1 N–H and O–H groups in total. The van der Waals surface area contributed by atoms with Gasteiger partial charge < -0.3 is 38.5 Å². The molecule has 0 aromatic rings. The van der Waals surface area contributed by atoms with Gasteiger partial charge in [-0.15, -0.1) is 0 Å². The molecule has 0 aromatic carbocycles. The molecule has 1 saturated heterocycles. The van der Waals surface area contributed by atoms with E-state index >= 15 is 0 Å². The van der Waals surface area contributed by atoms with Crippen LogP contribution in [-0.4, -0.2) is 120 Å². The number of carbonyl (C=O) groups is 7. The molecule has 0 aliphatic carbocycles. The Bertz CT molecular complexity index is 2340. The van der Waals surface area contributed by atoms with Crippen LogP contribution in [0, 0.1) is 45.3 Å². The van der Waals surface area contributed by atoms with Crippen molar-refractivity contribution in [1.82, 2.24) is 5.32 Å². The van der Waals surface area contributed by atoms with Crippen LogP contribution in [-0.2, 0) is 66.7 Å². The Kier molecular flexibility index (Phi) is 16.9. The molecular formula is C52H74N4O14. The van der Waals surface area contributed by atoms with Gasteiger partial charge in [-0.05, 0) is 63.7 Å². The van der Waals surface area contributed by atoms with Crippen molar-refractivity contribution in [1.29, 1.82) is 0 Å². The van der Waals surface area contributed by atoms with E-state index in [2.05, 4.69) is 19.2 Å². The van der Waals surface area contributed by atoms with Gasteiger partial charge in [0.1, 0.15) is 0 Å². The summed E-state index contributed by atoms with van der Waals surface area (Å²) < 4.78 is 36.8. The monoisotopic (exact) mass is 979 g/mol. The Hall–Kier alpha value is -5.68. The number of allylic oxidation sites excluding steroid dienone is 6. The van der Waals surface area contributed by atoms with Crippen molar-refractivity contribution in [3.63, 3.8) is 0 Å². The van der Waals surface area contributed by atoms with E-state index < -0.39 is 98.7 Å². The first-order chi connectivity index (χ1) is 32.8. The lowest BCUT2D eigenvalue weighted by Crippen LogP contribution is -2.55. The molecule has 8 bridgehead atoms. The third kappa shape index (κ3) is 9.97. The average molecular weight is 979 g/mol. The fraction of sp³-hybridized carbons (Fsp3) is 0.692. The minimum Gasteiger partial charge on any atom is -0.469 e. The van der Waals surface area contributed by atoms with E-state index in [-0.39, 0.29) is 64.2 Å². The molecule has 1 unspecified atom stereocenters. The average Bonchev–Trinajstić information content (AvgIpc) is 3.95. The van der Waals surface area contributed by atoms with Crippen LogP contribution in [0.1, 0.15) is 126 Å². The Morgan fingerprint density at radius 3 is 1.60 bits per heavy atom. The van der Waals surface area contributed by atoms with Crippen LogP contribution in [0.5, 0.6) is 0 Å². The number of hydrogen-bond acceptors (Lipinski definition) is 18. The summed E-state index contributed by atoms with van der Waals surface area (Å²) in [6.45, 7) is 15.7. The van der Waals surface area contributed by atoms with Crippen molar-refractivity contribution < 1.29 is 66.7 Å². The highest BCUT2D eigenvalue weighted by molar-refractivity contribution is 6.10. The fourth-order valence-electron chi connectivity index (χ4n) is 12.3. The molecule has 5 aliphatic rings. The van der Waals surface area contributed by atoms with E-state index in [1.807, 2.05) is 47.6 Å². The molecule has 0 saturated carbocycles. The van der Waals surface area contributed by atoms with Crippen molar-refractivity contribution in [3.8, 4) is 0 Å². The molecule has 386 valence electrons. The van der Waals surface area contributed by atoms with Gasteiger partial charge in [-0.1, -0.05) is 34.6 Å². The first-order valence-corrected chi connectivity index (χ1v) is 24.0. The van der Waals surface area contributed by atoms with Crippen molar-refractivity contribution in [2.75, 3.05) is 49.8 Å². The second-order valence-corrected chi connectivity index (χ2v) is 20.7. The number of carbonyl (C=O) groups excluding carboxylic acids is 7. The summed E-state index contributed by atoms with van der Waals surface area (Å²) in [5.41, 5.74) is -0.483. The van der Waals surface area contributed by atoms with Crippen molar-refractivity contribution in [3.05, 3.63) is 34.3 Å². The predicted octanol–water partition coefficient (Wildman–Crippen LogP) is 6.54. The quantitative estimate of drug-likeness (QED) is 0.113. The van der Waals surface area contributed by atoms with Gasteiger partial charge >= 0.3 is 41.8 Å². The molecule has 18 nitrogen and oxygen atoms in total. The first-order valence-electron chi connectivity index (χ1n) is 24.0. The second-order valence-electron chi connectivity index (χ2n) is 20.7. The smallest absolute Gasteiger partial charge is 0.306 e. The molecule has 9 atom stereocenters. The summed E-state index contributed by atoms with van der Waals surface area (Å²) >= 11 is 0. The number of esters is 7. The highest BCUT2D eigenvalue weighted by Crippen LogP contribution is 2.62. The van der Waals surface area contributed by atoms with E-state index in [1.165, 1.54) is 49.8 Å². The van der Waals surface area contributed by atoms with Crippen LogP contribution in [0.15, 0.2) is 49.3 Å². The number of methoxy groups -OCH3 is 7. The van der Waals surface area contributed by atoms with E-state index in [0.717, 1.165) is 0 Å². The number of rotatable bonds is 18. The minimum atomic E-state index is -1.37. The zero-order chi connectivity index (χ0) is 52.3. The van der Waals surface area contributed by atoms with Crippen LogP contribution in [0.2, 0.25) is 0 Å².